The number of carboxylic acids is 1. The van der Waals surface area contributed by atoms with Gasteiger partial charge in [-0.05, 0) is 18.8 Å². The quantitative estimate of drug-likeness (QED) is 0.728. The molecule has 1 saturated heterocycles. The average molecular weight is 297 g/mol. The van der Waals surface area contributed by atoms with Crippen molar-refractivity contribution in [3.05, 3.63) is 0 Å². The lowest BCUT2D eigenvalue weighted by atomic mass is 9.83. The summed E-state index contributed by atoms with van der Waals surface area (Å²) >= 11 is 0. The zero-order valence-electron chi connectivity index (χ0n) is 12.8. The zero-order chi connectivity index (χ0) is 15.1. The van der Waals surface area contributed by atoms with Crippen molar-refractivity contribution >= 4 is 11.8 Å². The largest absolute Gasteiger partial charge is 0.481 e. The molecule has 2 rings (SSSR count). The molecule has 0 aromatic carbocycles. The standard InChI is InChI=1S/C16H27NO4/c18-15(12-17-8-10-21-11-9-17)14(16(19)20)7-6-13-4-2-1-3-5-13/h13-14H,1-12H2,(H,19,20)/t14-/m1/s1. The van der Waals surface area contributed by atoms with Gasteiger partial charge in [-0.15, -0.1) is 0 Å². The number of Topliss-reactive ketones (excluding diaryl/α,β-unsaturated/α-hetero) is 1. The molecular formula is C16H27NO4. The molecular weight excluding hydrogens is 270 g/mol. The molecule has 0 aromatic rings. The Morgan fingerprint density at radius 2 is 1.81 bits per heavy atom. The smallest absolute Gasteiger partial charge is 0.314 e. The van der Waals surface area contributed by atoms with E-state index >= 15 is 0 Å². The number of morpholine rings is 1. The summed E-state index contributed by atoms with van der Waals surface area (Å²) in [6.07, 6.45) is 7.59. The van der Waals surface area contributed by atoms with Crippen molar-refractivity contribution in [2.45, 2.75) is 44.9 Å². The van der Waals surface area contributed by atoms with Gasteiger partial charge in [0.2, 0.25) is 0 Å². The van der Waals surface area contributed by atoms with Crippen LogP contribution in [0.4, 0.5) is 0 Å². The molecule has 0 bridgehead atoms. The molecule has 0 spiro atoms. The van der Waals surface area contributed by atoms with Crippen molar-refractivity contribution in [3.63, 3.8) is 0 Å². The van der Waals surface area contributed by atoms with Crippen molar-refractivity contribution in [1.29, 1.82) is 0 Å². The molecule has 2 fully saturated rings. The maximum Gasteiger partial charge on any atom is 0.314 e. The van der Waals surface area contributed by atoms with Gasteiger partial charge in [-0.3, -0.25) is 14.5 Å². The third-order valence-electron chi connectivity index (χ3n) is 4.76. The lowest BCUT2D eigenvalue weighted by Crippen LogP contribution is -2.42. The molecule has 1 N–H and O–H groups in total. The molecule has 0 amide bonds. The minimum Gasteiger partial charge on any atom is -0.481 e. The second-order valence-corrected chi connectivity index (χ2v) is 6.33. The second-order valence-electron chi connectivity index (χ2n) is 6.33. The van der Waals surface area contributed by atoms with Gasteiger partial charge in [0.05, 0.1) is 19.8 Å². The molecule has 1 heterocycles. The number of carboxylic acid groups (broad SMARTS) is 1. The number of ether oxygens (including phenoxy) is 1. The Morgan fingerprint density at radius 1 is 1.14 bits per heavy atom. The fourth-order valence-electron chi connectivity index (χ4n) is 3.39. The first-order valence-electron chi connectivity index (χ1n) is 8.22. The van der Waals surface area contributed by atoms with Gasteiger partial charge < -0.3 is 9.84 Å². The van der Waals surface area contributed by atoms with E-state index in [9.17, 15) is 14.7 Å². The van der Waals surface area contributed by atoms with E-state index in [2.05, 4.69) is 0 Å². The van der Waals surface area contributed by atoms with Gasteiger partial charge in [-0.1, -0.05) is 32.1 Å². The molecule has 5 nitrogen and oxygen atoms in total. The number of carbonyl (C=O) groups excluding carboxylic acids is 1. The highest BCUT2D eigenvalue weighted by atomic mass is 16.5. The summed E-state index contributed by atoms with van der Waals surface area (Å²) in [6.45, 7) is 2.96. The van der Waals surface area contributed by atoms with Crippen LogP contribution < -0.4 is 0 Å². The summed E-state index contributed by atoms with van der Waals surface area (Å²) in [5.74, 6) is -1.30. The summed E-state index contributed by atoms with van der Waals surface area (Å²) < 4.78 is 5.25. The Labute approximate surface area is 126 Å². The number of carbonyl (C=O) groups is 2. The fraction of sp³-hybridized carbons (Fsp3) is 0.875. The molecule has 1 aliphatic heterocycles. The lowest BCUT2D eigenvalue weighted by Gasteiger charge is -2.27. The van der Waals surface area contributed by atoms with Crippen LogP contribution in [0.25, 0.3) is 0 Å². The molecule has 1 saturated carbocycles. The van der Waals surface area contributed by atoms with Crippen LogP contribution >= 0.6 is 0 Å². The SMILES string of the molecule is O=C(O)[C@H](CCC1CCCCC1)C(=O)CN1CCOCC1. The maximum atomic E-state index is 12.3. The Balaban J connectivity index is 1.79. The molecule has 21 heavy (non-hydrogen) atoms. The van der Waals surface area contributed by atoms with Crippen molar-refractivity contribution < 1.29 is 19.4 Å². The van der Waals surface area contributed by atoms with Gasteiger partial charge in [0.1, 0.15) is 5.92 Å². The summed E-state index contributed by atoms with van der Waals surface area (Å²) in [7, 11) is 0. The normalized spacial score (nSPS) is 22.9. The third-order valence-corrected chi connectivity index (χ3v) is 4.76. The van der Waals surface area contributed by atoms with E-state index in [1.807, 2.05) is 4.90 Å². The van der Waals surface area contributed by atoms with Crippen LogP contribution in [0.1, 0.15) is 44.9 Å². The summed E-state index contributed by atoms with van der Waals surface area (Å²) in [5, 5.41) is 9.34. The number of hydrogen-bond donors (Lipinski definition) is 1. The molecule has 120 valence electrons. The Kier molecular flexibility index (Phi) is 6.64. The summed E-state index contributed by atoms with van der Waals surface area (Å²) in [6, 6.07) is 0. The van der Waals surface area contributed by atoms with E-state index in [1.54, 1.807) is 0 Å². The van der Waals surface area contributed by atoms with Gasteiger partial charge in [-0.25, -0.2) is 0 Å². The first-order chi connectivity index (χ1) is 10.2. The first kappa shape index (κ1) is 16.4. The number of aliphatic carboxylic acids is 1. The minimum absolute atomic E-state index is 0.139. The topological polar surface area (TPSA) is 66.8 Å². The van der Waals surface area contributed by atoms with E-state index in [-0.39, 0.29) is 12.3 Å². The molecule has 0 radical (unpaired) electrons. The minimum atomic E-state index is -0.955. The van der Waals surface area contributed by atoms with Crippen LogP contribution in [0.2, 0.25) is 0 Å². The van der Waals surface area contributed by atoms with Crippen molar-refractivity contribution in [2.75, 3.05) is 32.8 Å². The van der Waals surface area contributed by atoms with E-state index in [0.29, 0.717) is 25.6 Å². The van der Waals surface area contributed by atoms with E-state index in [0.717, 1.165) is 19.5 Å². The molecule has 1 atom stereocenters. The molecule has 2 aliphatic rings. The van der Waals surface area contributed by atoms with Gasteiger partial charge >= 0.3 is 5.97 Å². The first-order valence-corrected chi connectivity index (χ1v) is 8.22. The average Bonchev–Trinajstić information content (AvgIpc) is 2.49. The highest BCUT2D eigenvalue weighted by Crippen LogP contribution is 2.29. The predicted octanol–water partition coefficient (Wildman–Crippen LogP) is 1.95. The van der Waals surface area contributed by atoms with Gasteiger partial charge in [-0.2, -0.15) is 0 Å². The number of rotatable bonds is 7. The van der Waals surface area contributed by atoms with Crippen LogP contribution in [0.15, 0.2) is 0 Å². The second kappa shape index (κ2) is 8.49. The zero-order valence-corrected chi connectivity index (χ0v) is 12.8. The van der Waals surface area contributed by atoms with Gasteiger partial charge in [0.15, 0.2) is 5.78 Å². The fourth-order valence-corrected chi connectivity index (χ4v) is 3.39. The van der Waals surface area contributed by atoms with Gasteiger partial charge in [0, 0.05) is 13.1 Å². The monoisotopic (exact) mass is 297 g/mol. The van der Waals surface area contributed by atoms with E-state index in [4.69, 9.17) is 4.74 Å². The highest BCUT2D eigenvalue weighted by molar-refractivity contribution is 5.99. The van der Waals surface area contributed by atoms with Crippen molar-refractivity contribution in [2.24, 2.45) is 11.8 Å². The summed E-state index contributed by atoms with van der Waals surface area (Å²) in [4.78, 5) is 25.7. The molecule has 5 heteroatoms. The number of hydrogen-bond acceptors (Lipinski definition) is 4. The van der Waals surface area contributed by atoms with E-state index in [1.165, 1.54) is 32.1 Å². The summed E-state index contributed by atoms with van der Waals surface area (Å²) in [5.41, 5.74) is 0. The predicted molar refractivity (Wildman–Crippen MR) is 79.2 cm³/mol. The molecule has 1 aliphatic carbocycles. The molecule has 0 unspecified atom stereocenters. The van der Waals surface area contributed by atoms with Crippen LogP contribution in [0, 0.1) is 11.8 Å². The Hall–Kier alpha value is -0.940. The number of nitrogens with zero attached hydrogens (tertiary/aromatic N) is 1. The highest BCUT2D eigenvalue weighted by Gasteiger charge is 2.29. The van der Waals surface area contributed by atoms with Crippen LogP contribution in [-0.4, -0.2) is 54.6 Å². The maximum absolute atomic E-state index is 12.3. The third kappa shape index (κ3) is 5.40. The Morgan fingerprint density at radius 3 is 2.43 bits per heavy atom. The van der Waals surface area contributed by atoms with Crippen LogP contribution in [0.3, 0.4) is 0 Å². The van der Waals surface area contributed by atoms with E-state index < -0.39 is 11.9 Å². The van der Waals surface area contributed by atoms with Gasteiger partial charge in [0.25, 0.3) is 0 Å². The Bertz CT molecular complexity index is 346. The van der Waals surface area contributed by atoms with Crippen molar-refractivity contribution in [1.82, 2.24) is 4.90 Å². The van der Waals surface area contributed by atoms with Crippen LogP contribution in [-0.2, 0) is 14.3 Å². The number of ketones is 1. The van der Waals surface area contributed by atoms with Crippen molar-refractivity contribution in [3.8, 4) is 0 Å². The molecule has 0 aromatic heterocycles. The van der Waals surface area contributed by atoms with Crippen LogP contribution in [0.5, 0.6) is 0 Å². The lowest BCUT2D eigenvalue weighted by molar-refractivity contribution is -0.147.